The molecule has 8 nitrogen and oxygen atoms in total. The van der Waals surface area contributed by atoms with E-state index in [-0.39, 0.29) is 40.6 Å². The van der Waals surface area contributed by atoms with E-state index in [1.807, 2.05) is 17.9 Å². The maximum Gasteiger partial charge on any atom is 0.243 e. The van der Waals surface area contributed by atoms with Crippen LogP contribution in [0.25, 0.3) is 0 Å². The molecule has 0 aromatic heterocycles. The van der Waals surface area contributed by atoms with Gasteiger partial charge in [0.25, 0.3) is 0 Å². The third-order valence-corrected chi connectivity index (χ3v) is 11.0. The average Bonchev–Trinajstić information content (AvgIpc) is 3.76. The number of piperidine rings is 2. The molecule has 1 aliphatic carbocycles. The van der Waals surface area contributed by atoms with Gasteiger partial charge in [-0.15, -0.1) is 0 Å². The molecule has 6 rings (SSSR count). The Morgan fingerprint density at radius 2 is 1.57 bits per heavy atom. The number of nitrogens with one attached hydrogen (secondary N) is 1. The van der Waals surface area contributed by atoms with Gasteiger partial charge in [-0.2, -0.15) is 4.31 Å². The van der Waals surface area contributed by atoms with Crippen LogP contribution in [0.3, 0.4) is 0 Å². The monoisotopic (exact) mass is 564 g/mol. The van der Waals surface area contributed by atoms with Crippen molar-refractivity contribution < 1.29 is 18.0 Å². The molecule has 0 bridgehead atoms. The topological polar surface area (TPSA) is 90.0 Å². The Hall–Kier alpha value is -2.75. The zero-order chi connectivity index (χ0) is 27.9. The van der Waals surface area contributed by atoms with Gasteiger partial charge in [-0.1, -0.05) is 30.3 Å². The summed E-state index contributed by atoms with van der Waals surface area (Å²) in [5.74, 6) is 0.199. The third-order valence-electron chi connectivity index (χ3n) is 9.08. The van der Waals surface area contributed by atoms with E-state index in [0.29, 0.717) is 32.4 Å². The number of carbonyl (C=O) groups excluding carboxylic acids is 2. The molecule has 2 amide bonds. The molecule has 0 spiro atoms. The fraction of sp³-hybridized carbons (Fsp3) is 0.548. The van der Waals surface area contributed by atoms with Crippen molar-refractivity contribution in [1.82, 2.24) is 14.5 Å². The first-order valence-electron chi connectivity index (χ1n) is 14.8. The van der Waals surface area contributed by atoms with Crippen molar-refractivity contribution in [1.29, 1.82) is 0 Å². The molecule has 214 valence electrons. The molecule has 4 aliphatic rings. The second kappa shape index (κ2) is 11.3. The highest BCUT2D eigenvalue weighted by atomic mass is 32.2. The SMILES string of the molecule is C[C@H]1Cc2cc(S(=O)(=O)N3CCC(C(=O)NC4CCN(Cc5ccccc5)CC4)CC3)ccc2N1C(=O)C1CC1. The van der Waals surface area contributed by atoms with Crippen LogP contribution in [0.15, 0.2) is 53.4 Å². The van der Waals surface area contributed by atoms with Gasteiger partial charge in [0.05, 0.1) is 4.90 Å². The summed E-state index contributed by atoms with van der Waals surface area (Å²) in [6, 6.07) is 15.9. The largest absolute Gasteiger partial charge is 0.353 e. The molecule has 2 aromatic carbocycles. The number of hydrogen-bond acceptors (Lipinski definition) is 5. The summed E-state index contributed by atoms with van der Waals surface area (Å²) in [6.07, 6.45) is 5.51. The van der Waals surface area contributed by atoms with Crippen LogP contribution in [-0.4, -0.2) is 67.7 Å². The van der Waals surface area contributed by atoms with Gasteiger partial charge in [0.2, 0.25) is 21.8 Å². The molecule has 0 radical (unpaired) electrons. The van der Waals surface area contributed by atoms with Crippen LogP contribution in [-0.2, 0) is 32.6 Å². The molecule has 1 atom stereocenters. The zero-order valence-corrected chi connectivity index (χ0v) is 24.1. The summed E-state index contributed by atoms with van der Waals surface area (Å²) >= 11 is 0. The summed E-state index contributed by atoms with van der Waals surface area (Å²) in [4.78, 5) is 30.4. The Kier molecular flexibility index (Phi) is 7.72. The molecule has 3 heterocycles. The zero-order valence-electron chi connectivity index (χ0n) is 23.3. The van der Waals surface area contributed by atoms with Gasteiger partial charge in [0.15, 0.2) is 0 Å². The normalized spacial score (nSPS) is 23.2. The molecule has 40 heavy (non-hydrogen) atoms. The van der Waals surface area contributed by atoms with Crippen LogP contribution in [0, 0.1) is 11.8 Å². The molecule has 9 heteroatoms. The highest BCUT2D eigenvalue weighted by Gasteiger charge is 2.40. The first-order valence-corrected chi connectivity index (χ1v) is 16.3. The molecule has 3 aliphatic heterocycles. The predicted molar refractivity (Wildman–Crippen MR) is 154 cm³/mol. The van der Waals surface area contributed by atoms with Crippen molar-refractivity contribution >= 4 is 27.5 Å². The number of rotatable bonds is 7. The van der Waals surface area contributed by atoms with E-state index in [1.165, 1.54) is 9.87 Å². The number of anilines is 1. The molecule has 0 unspecified atom stereocenters. The van der Waals surface area contributed by atoms with Gasteiger partial charge in [-0.25, -0.2) is 8.42 Å². The third kappa shape index (κ3) is 5.69. The molecular weight excluding hydrogens is 524 g/mol. The number of hydrogen-bond donors (Lipinski definition) is 1. The minimum atomic E-state index is -3.66. The summed E-state index contributed by atoms with van der Waals surface area (Å²) in [5, 5.41) is 3.25. The number of nitrogens with zero attached hydrogens (tertiary/aromatic N) is 3. The van der Waals surface area contributed by atoms with Crippen molar-refractivity contribution in [3.8, 4) is 0 Å². The standard InChI is InChI=1S/C31H40N4O4S/c1-22-19-26-20-28(9-10-29(26)35(22)31(37)25-7-8-25)40(38,39)34-17-11-24(12-18-34)30(36)32-27-13-15-33(16-14-27)21-23-5-3-2-4-6-23/h2-6,9-10,20,22,24-25,27H,7-8,11-19,21H2,1H3,(H,32,36)/t22-/m0/s1. The molecule has 2 saturated heterocycles. The van der Waals surface area contributed by atoms with E-state index in [4.69, 9.17) is 0 Å². The van der Waals surface area contributed by atoms with Crippen molar-refractivity contribution in [2.75, 3.05) is 31.1 Å². The number of carbonyl (C=O) groups is 2. The van der Waals surface area contributed by atoms with Crippen molar-refractivity contribution in [3.63, 3.8) is 0 Å². The van der Waals surface area contributed by atoms with E-state index < -0.39 is 10.0 Å². The number of amides is 2. The van der Waals surface area contributed by atoms with Crippen LogP contribution in [0.5, 0.6) is 0 Å². The molecule has 3 fully saturated rings. The smallest absolute Gasteiger partial charge is 0.243 e. The highest BCUT2D eigenvalue weighted by Crippen LogP contribution is 2.40. The number of benzene rings is 2. The fourth-order valence-corrected chi connectivity index (χ4v) is 8.06. The minimum absolute atomic E-state index is 0.0476. The maximum absolute atomic E-state index is 13.5. The maximum atomic E-state index is 13.5. The van der Waals surface area contributed by atoms with Crippen LogP contribution < -0.4 is 10.2 Å². The number of fused-ring (bicyclic) bond motifs is 1. The van der Waals surface area contributed by atoms with E-state index >= 15 is 0 Å². The lowest BCUT2D eigenvalue weighted by molar-refractivity contribution is -0.127. The van der Waals surface area contributed by atoms with Gasteiger partial charge in [-0.05, 0) is 81.2 Å². The second-order valence-corrected chi connectivity index (χ2v) is 14.0. The van der Waals surface area contributed by atoms with E-state index in [0.717, 1.165) is 56.6 Å². The van der Waals surface area contributed by atoms with E-state index in [1.54, 1.807) is 18.2 Å². The van der Waals surface area contributed by atoms with Crippen molar-refractivity contribution in [3.05, 3.63) is 59.7 Å². The lowest BCUT2D eigenvalue weighted by Gasteiger charge is -2.34. The minimum Gasteiger partial charge on any atom is -0.353 e. The Morgan fingerprint density at radius 1 is 0.875 bits per heavy atom. The Morgan fingerprint density at radius 3 is 2.25 bits per heavy atom. The lowest BCUT2D eigenvalue weighted by Crippen LogP contribution is -2.48. The van der Waals surface area contributed by atoms with E-state index in [9.17, 15) is 18.0 Å². The van der Waals surface area contributed by atoms with Gasteiger partial charge >= 0.3 is 0 Å². The average molecular weight is 565 g/mol. The van der Waals surface area contributed by atoms with Crippen LogP contribution in [0.2, 0.25) is 0 Å². The molecule has 2 aromatic rings. The lowest BCUT2D eigenvalue weighted by atomic mass is 9.95. The Bertz CT molecular complexity index is 1340. The number of likely N-dealkylation sites (tertiary alicyclic amines) is 1. The number of sulfonamides is 1. The predicted octanol–water partition coefficient (Wildman–Crippen LogP) is 3.56. The van der Waals surface area contributed by atoms with Gasteiger partial charge < -0.3 is 10.2 Å². The molecular formula is C31H40N4O4S. The second-order valence-electron chi connectivity index (χ2n) is 12.0. The van der Waals surface area contributed by atoms with Crippen LogP contribution in [0.4, 0.5) is 5.69 Å². The summed E-state index contributed by atoms with van der Waals surface area (Å²) in [6.45, 7) is 5.57. The highest BCUT2D eigenvalue weighted by molar-refractivity contribution is 7.89. The Labute approximate surface area is 237 Å². The van der Waals surface area contributed by atoms with Crippen molar-refractivity contribution in [2.45, 2.75) is 75.4 Å². The molecule has 1 N–H and O–H groups in total. The summed E-state index contributed by atoms with van der Waals surface area (Å²) in [7, 11) is -3.66. The first-order chi connectivity index (χ1) is 19.3. The quantitative estimate of drug-likeness (QED) is 0.556. The Balaban J connectivity index is 1.00. The van der Waals surface area contributed by atoms with Gasteiger partial charge in [0.1, 0.15) is 0 Å². The van der Waals surface area contributed by atoms with Crippen LogP contribution >= 0.6 is 0 Å². The summed E-state index contributed by atoms with van der Waals surface area (Å²) < 4.78 is 28.5. The first kappa shape index (κ1) is 27.4. The summed E-state index contributed by atoms with van der Waals surface area (Å²) in [5.41, 5.74) is 3.09. The van der Waals surface area contributed by atoms with E-state index in [2.05, 4.69) is 34.5 Å². The van der Waals surface area contributed by atoms with Gasteiger partial charge in [-0.3, -0.25) is 14.5 Å². The fourth-order valence-electron chi connectivity index (χ4n) is 6.53. The van der Waals surface area contributed by atoms with Crippen molar-refractivity contribution in [2.24, 2.45) is 11.8 Å². The molecule has 1 saturated carbocycles. The van der Waals surface area contributed by atoms with Gasteiger partial charge in [0, 0.05) is 62.3 Å². The van der Waals surface area contributed by atoms with Crippen LogP contribution in [0.1, 0.15) is 56.6 Å².